The second kappa shape index (κ2) is 7.21. The second-order valence-electron chi connectivity index (χ2n) is 5.52. The molecule has 0 spiro atoms. The molecular formula is C17H11Cl2F3N4O. The molecule has 10 heteroatoms. The van der Waals surface area contributed by atoms with E-state index in [0.29, 0.717) is 21.6 Å². The van der Waals surface area contributed by atoms with E-state index in [1.54, 1.807) is 25.1 Å². The van der Waals surface area contributed by atoms with Crippen molar-refractivity contribution in [3.05, 3.63) is 69.7 Å². The predicted octanol–water partition coefficient (Wildman–Crippen LogP) is 5.15. The molecule has 0 unspecified atom stereocenters. The maximum Gasteiger partial charge on any atom is 0.416 e. The Balaban J connectivity index is 1.88. The lowest BCUT2D eigenvalue weighted by Crippen LogP contribution is -2.15. The molecule has 1 amide bonds. The topological polar surface area (TPSA) is 59.8 Å². The summed E-state index contributed by atoms with van der Waals surface area (Å²) in [5, 5.41) is 7.19. The molecule has 2 aromatic carbocycles. The Morgan fingerprint density at radius 3 is 2.59 bits per heavy atom. The zero-order valence-electron chi connectivity index (χ0n) is 13.7. The standard InChI is InChI=1S/C17H11Cl2F3N4O/c1-9-23-15(25-26(9)14-8-11(18)5-6-13(14)19)16(27)24-12-4-2-3-10(7-12)17(20,21)22/h2-8H,1H3,(H,24,27). The normalized spacial score (nSPS) is 11.5. The van der Waals surface area contributed by atoms with E-state index in [9.17, 15) is 18.0 Å². The van der Waals surface area contributed by atoms with Crippen LogP contribution in [0.2, 0.25) is 10.0 Å². The number of alkyl halides is 3. The number of carbonyl (C=O) groups excluding carboxylic acids is 1. The molecule has 0 saturated heterocycles. The number of rotatable bonds is 3. The van der Waals surface area contributed by atoms with Crippen molar-refractivity contribution in [2.45, 2.75) is 13.1 Å². The van der Waals surface area contributed by atoms with Crippen LogP contribution in [0.4, 0.5) is 18.9 Å². The molecule has 140 valence electrons. The minimum absolute atomic E-state index is 0.0235. The first-order valence-electron chi connectivity index (χ1n) is 7.53. The molecular weight excluding hydrogens is 404 g/mol. The number of nitrogens with one attached hydrogen (secondary N) is 1. The lowest BCUT2D eigenvalue weighted by Gasteiger charge is -2.09. The number of carbonyl (C=O) groups is 1. The van der Waals surface area contributed by atoms with Gasteiger partial charge >= 0.3 is 6.18 Å². The highest BCUT2D eigenvalue weighted by Gasteiger charge is 2.30. The zero-order chi connectivity index (χ0) is 19.8. The summed E-state index contributed by atoms with van der Waals surface area (Å²) in [7, 11) is 0. The van der Waals surface area contributed by atoms with Gasteiger partial charge in [-0.15, -0.1) is 5.10 Å². The number of anilines is 1. The Morgan fingerprint density at radius 2 is 1.89 bits per heavy atom. The first-order valence-corrected chi connectivity index (χ1v) is 8.28. The molecule has 0 aliphatic heterocycles. The van der Waals surface area contributed by atoms with Crippen LogP contribution in [0.3, 0.4) is 0 Å². The van der Waals surface area contributed by atoms with Crippen molar-refractivity contribution in [2.24, 2.45) is 0 Å². The highest BCUT2D eigenvalue weighted by atomic mass is 35.5. The Hall–Kier alpha value is -2.58. The van der Waals surface area contributed by atoms with E-state index in [4.69, 9.17) is 23.2 Å². The number of aryl methyl sites for hydroxylation is 1. The predicted molar refractivity (Wildman–Crippen MR) is 95.5 cm³/mol. The number of amides is 1. The van der Waals surface area contributed by atoms with Crippen molar-refractivity contribution >= 4 is 34.8 Å². The van der Waals surface area contributed by atoms with Crippen molar-refractivity contribution in [1.82, 2.24) is 14.8 Å². The lowest BCUT2D eigenvalue weighted by molar-refractivity contribution is -0.137. The molecule has 0 saturated carbocycles. The van der Waals surface area contributed by atoms with Crippen molar-refractivity contribution in [3.63, 3.8) is 0 Å². The van der Waals surface area contributed by atoms with Crippen LogP contribution in [-0.4, -0.2) is 20.7 Å². The molecule has 0 aliphatic rings. The quantitative estimate of drug-likeness (QED) is 0.644. The van der Waals surface area contributed by atoms with Gasteiger partial charge in [-0.2, -0.15) is 13.2 Å². The van der Waals surface area contributed by atoms with Gasteiger partial charge in [-0.1, -0.05) is 29.3 Å². The van der Waals surface area contributed by atoms with E-state index in [1.165, 1.54) is 16.8 Å². The van der Waals surface area contributed by atoms with Gasteiger partial charge in [0.2, 0.25) is 5.82 Å². The number of nitrogens with zero attached hydrogens (tertiary/aromatic N) is 3. The SMILES string of the molecule is Cc1nc(C(=O)Nc2cccc(C(F)(F)F)c2)nn1-c1cc(Cl)ccc1Cl. The number of halogens is 5. The largest absolute Gasteiger partial charge is 0.416 e. The minimum atomic E-state index is -4.51. The summed E-state index contributed by atoms with van der Waals surface area (Å²) in [5.41, 5.74) is -0.474. The van der Waals surface area contributed by atoms with Crippen LogP contribution in [0.1, 0.15) is 22.0 Å². The zero-order valence-corrected chi connectivity index (χ0v) is 15.2. The maximum atomic E-state index is 12.8. The number of hydrogen-bond acceptors (Lipinski definition) is 3. The molecule has 5 nitrogen and oxygen atoms in total. The van der Waals surface area contributed by atoms with Gasteiger partial charge in [0.25, 0.3) is 5.91 Å². The van der Waals surface area contributed by atoms with Crippen LogP contribution in [0.25, 0.3) is 5.69 Å². The molecule has 1 heterocycles. The molecule has 1 N–H and O–H groups in total. The van der Waals surface area contributed by atoms with E-state index >= 15 is 0 Å². The first-order chi connectivity index (χ1) is 12.6. The average Bonchev–Trinajstić information content (AvgIpc) is 2.98. The van der Waals surface area contributed by atoms with Crippen molar-refractivity contribution in [2.75, 3.05) is 5.32 Å². The summed E-state index contributed by atoms with van der Waals surface area (Å²) in [6, 6.07) is 9.00. The third-order valence-corrected chi connectivity index (χ3v) is 4.11. The molecule has 0 fully saturated rings. The number of hydrogen-bond donors (Lipinski definition) is 1. The Labute approximate surface area is 161 Å². The molecule has 3 aromatic rings. The Bertz CT molecular complexity index is 1020. The fourth-order valence-corrected chi connectivity index (χ4v) is 2.69. The summed E-state index contributed by atoms with van der Waals surface area (Å²) in [6.45, 7) is 1.60. The van der Waals surface area contributed by atoms with Crippen molar-refractivity contribution in [3.8, 4) is 5.69 Å². The molecule has 0 radical (unpaired) electrons. The Kier molecular flexibility index (Phi) is 5.12. The van der Waals surface area contributed by atoms with Crippen LogP contribution in [0.5, 0.6) is 0 Å². The van der Waals surface area contributed by atoms with Crippen molar-refractivity contribution in [1.29, 1.82) is 0 Å². The third-order valence-electron chi connectivity index (χ3n) is 3.56. The lowest BCUT2D eigenvalue weighted by atomic mass is 10.2. The van der Waals surface area contributed by atoms with E-state index < -0.39 is 17.6 Å². The molecule has 3 rings (SSSR count). The van der Waals surface area contributed by atoms with Gasteiger partial charge in [0, 0.05) is 10.7 Å². The van der Waals surface area contributed by atoms with Crippen molar-refractivity contribution < 1.29 is 18.0 Å². The van der Waals surface area contributed by atoms with E-state index in [1.807, 2.05) is 0 Å². The van der Waals surface area contributed by atoms with Gasteiger partial charge in [-0.25, -0.2) is 9.67 Å². The van der Waals surface area contributed by atoms with Gasteiger partial charge in [0.15, 0.2) is 0 Å². The van der Waals surface area contributed by atoms with Crippen LogP contribution >= 0.6 is 23.2 Å². The van der Waals surface area contributed by atoms with Crippen LogP contribution in [-0.2, 0) is 6.18 Å². The maximum absolute atomic E-state index is 12.8. The summed E-state index contributed by atoms with van der Waals surface area (Å²) in [4.78, 5) is 16.4. The number of aromatic nitrogens is 3. The average molecular weight is 415 g/mol. The molecule has 0 bridgehead atoms. The van der Waals surface area contributed by atoms with Gasteiger partial charge in [-0.05, 0) is 43.3 Å². The van der Waals surface area contributed by atoms with Crippen LogP contribution in [0.15, 0.2) is 42.5 Å². The van der Waals surface area contributed by atoms with E-state index in [-0.39, 0.29) is 11.5 Å². The van der Waals surface area contributed by atoms with E-state index in [0.717, 1.165) is 12.1 Å². The van der Waals surface area contributed by atoms with Gasteiger partial charge in [-0.3, -0.25) is 4.79 Å². The fraction of sp³-hybridized carbons (Fsp3) is 0.118. The Morgan fingerprint density at radius 1 is 1.15 bits per heavy atom. The fourth-order valence-electron chi connectivity index (χ4n) is 2.32. The van der Waals surface area contributed by atoms with Gasteiger partial charge in [0.1, 0.15) is 5.82 Å². The van der Waals surface area contributed by atoms with Gasteiger partial charge in [0.05, 0.1) is 16.3 Å². The summed E-state index contributed by atoms with van der Waals surface area (Å²) < 4.78 is 39.7. The second-order valence-corrected chi connectivity index (χ2v) is 6.37. The first kappa shape index (κ1) is 19.2. The smallest absolute Gasteiger partial charge is 0.319 e. The number of benzene rings is 2. The highest BCUT2D eigenvalue weighted by molar-refractivity contribution is 6.34. The molecule has 0 aliphatic carbocycles. The molecule has 0 atom stereocenters. The summed E-state index contributed by atoms with van der Waals surface area (Å²) in [6.07, 6.45) is -4.51. The van der Waals surface area contributed by atoms with Crippen LogP contribution in [0, 0.1) is 6.92 Å². The molecule has 1 aromatic heterocycles. The highest BCUT2D eigenvalue weighted by Crippen LogP contribution is 2.30. The van der Waals surface area contributed by atoms with Gasteiger partial charge < -0.3 is 5.32 Å². The molecule has 27 heavy (non-hydrogen) atoms. The third kappa shape index (κ3) is 4.23. The summed E-state index contributed by atoms with van der Waals surface area (Å²) >= 11 is 12.1. The summed E-state index contributed by atoms with van der Waals surface area (Å²) in [5.74, 6) is -0.622. The van der Waals surface area contributed by atoms with Crippen LogP contribution < -0.4 is 5.32 Å². The monoisotopic (exact) mass is 414 g/mol. The minimum Gasteiger partial charge on any atom is -0.319 e. The van der Waals surface area contributed by atoms with E-state index in [2.05, 4.69) is 15.4 Å².